The standard InChI is InChI=1S/C35H40N2O3/c1-24-33(22-37(3)25(2)27-9-5-4-6-10-27)39-35(40-34(24)29-15-13-26(23-38)14-16-29)30-19-17-28(18-20-30)32-12-8-7-11-31(32)21-36/h4-20,24-25,33-35,38H,21-23,36H2,1-3H3/t24-,25+,33+,34+,35+/m1/s1. The summed E-state index contributed by atoms with van der Waals surface area (Å²) < 4.78 is 13.4. The molecule has 0 radical (unpaired) electrons. The third-order valence-corrected chi connectivity index (χ3v) is 8.27. The van der Waals surface area contributed by atoms with Crippen LogP contribution in [-0.2, 0) is 22.6 Å². The molecule has 1 aliphatic heterocycles. The lowest BCUT2D eigenvalue weighted by Gasteiger charge is -2.43. The van der Waals surface area contributed by atoms with E-state index in [1.54, 1.807) is 0 Å². The van der Waals surface area contributed by atoms with Crippen molar-refractivity contribution in [2.75, 3.05) is 13.6 Å². The molecule has 1 fully saturated rings. The molecule has 5 nitrogen and oxygen atoms in total. The number of likely N-dealkylation sites (N-methyl/N-ethyl adjacent to an activating group) is 1. The van der Waals surface area contributed by atoms with Crippen LogP contribution in [0, 0.1) is 5.92 Å². The van der Waals surface area contributed by atoms with Crippen LogP contribution in [0.3, 0.4) is 0 Å². The molecule has 5 rings (SSSR count). The summed E-state index contributed by atoms with van der Waals surface area (Å²) in [4.78, 5) is 2.36. The largest absolute Gasteiger partial charge is 0.392 e. The molecule has 0 unspecified atom stereocenters. The van der Waals surface area contributed by atoms with Crippen molar-refractivity contribution in [1.29, 1.82) is 0 Å². The molecule has 0 spiro atoms. The molecule has 0 bridgehead atoms. The predicted octanol–water partition coefficient (Wildman–Crippen LogP) is 6.79. The SMILES string of the molecule is C[C@@H]1[C@H](CN(C)[C@@H](C)c2ccccc2)O[C@H](c2ccc(-c3ccccc3CN)cc2)O[C@@H]1c1ccc(CO)cc1. The van der Waals surface area contributed by atoms with Crippen molar-refractivity contribution in [2.24, 2.45) is 11.7 Å². The van der Waals surface area contributed by atoms with Crippen LogP contribution < -0.4 is 5.73 Å². The minimum Gasteiger partial charge on any atom is -0.392 e. The normalized spacial score (nSPS) is 21.9. The Morgan fingerprint density at radius 2 is 1.48 bits per heavy atom. The summed E-state index contributed by atoms with van der Waals surface area (Å²) in [6.45, 7) is 5.74. The number of hydrogen-bond acceptors (Lipinski definition) is 5. The molecule has 4 aromatic rings. The van der Waals surface area contributed by atoms with Gasteiger partial charge in [-0.05, 0) is 47.4 Å². The van der Waals surface area contributed by atoms with E-state index in [4.69, 9.17) is 15.2 Å². The topological polar surface area (TPSA) is 68.0 Å². The molecule has 0 amide bonds. The van der Waals surface area contributed by atoms with Crippen LogP contribution in [0.25, 0.3) is 11.1 Å². The Hall–Kier alpha value is -3.32. The molecule has 0 aliphatic carbocycles. The van der Waals surface area contributed by atoms with E-state index in [0.717, 1.165) is 39.9 Å². The molecule has 40 heavy (non-hydrogen) atoms. The molecular weight excluding hydrogens is 496 g/mol. The van der Waals surface area contributed by atoms with Crippen molar-refractivity contribution in [3.63, 3.8) is 0 Å². The van der Waals surface area contributed by atoms with Gasteiger partial charge in [-0.2, -0.15) is 0 Å². The van der Waals surface area contributed by atoms with E-state index in [1.165, 1.54) is 5.56 Å². The summed E-state index contributed by atoms with van der Waals surface area (Å²) >= 11 is 0. The van der Waals surface area contributed by atoms with Gasteiger partial charge in [-0.1, -0.05) is 110 Å². The van der Waals surface area contributed by atoms with Gasteiger partial charge in [-0.25, -0.2) is 0 Å². The van der Waals surface area contributed by atoms with Gasteiger partial charge in [0.25, 0.3) is 0 Å². The van der Waals surface area contributed by atoms with E-state index in [-0.39, 0.29) is 30.8 Å². The molecule has 3 N–H and O–H groups in total. The molecule has 0 saturated carbocycles. The van der Waals surface area contributed by atoms with E-state index in [2.05, 4.69) is 105 Å². The first kappa shape index (κ1) is 28.2. The first-order valence-corrected chi connectivity index (χ1v) is 14.1. The number of hydrogen-bond donors (Lipinski definition) is 2. The average molecular weight is 537 g/mol. The van der Waals surface area contributed by atoms with E-state index in [9.17, 15) is 5.11 Å². The molecule has 208 valence electrons. The highest BCUT2D eigenvalue weighted by molar-refractivity contribution is 5.67. The van der Waals surface area contributed by atoms with E-state index < -0.39 is 6.29 Å². The quantitative estimate of drug-likeness (QED) is 0.247. The maximum atomic E-state index is 9.54. The number of benzene rings is 4. The third-order valence-electron chi connectivity index (χ3n) is 8.27. The fourth-order valence-corrected chi connectivity index (χ4v) is 5.56. The predicted molar refractivity (Wildman–Crippen MR) is 160 cm³/mol. The van der Waals surface area contributed by atoms with Crippen LogP contribution in [0.5, 0.6) is 0 Å². The molecule has 5 atom stereocenters. The molecule has 4 aromatic carbocycles. The highest BCUT2D eigenvalue weighted by atomic mass is 16.7. The number of ether oxygens (including phenoxy) is 2. The average Bonchev–Trinajstić information content (AvgIpc) is 3.02. The number of aliphatic hydroxyl groups excluding tert-OH is 1. The summed E-state index contributed by atoms with van der Waals surface area (Å²) in [6, 6.07) is 35.6. The molecule has 0 aromatic heterocycles. The fourth-order valence-electron chi connectivity index (χ4n) is 5.56. The third kappa shape index (κ3) is 6.20. The van der Waals surface area contributed by atoms with Crippen LogP contribution in [0.4, 0.5) is 0 Å². The number of nitrogens with two attached hydrogens (primary N) is 1. The maximum absolute atomic E-state index is 9.54. The van der Waals surface area contributed by atoms with Crippen LogP contribution in [0.15, 0.2) is 103 Å². The van der Waals surface area contributed by atoms with Crippen LogP contribution >= 0.6 is 0 Å². The van der Waals surface area contributed by atoms with Crippen LogP contribution in [-0.4, -0.2) is 29.7 Å². The lowest BCUT2D eigenvalue weighted by atomic mass is 9.89. The number of nitrogens with zero attached hydrogens (tertiary/aromatic N) is 1. The monoisotopic (exact) mass is 536 g/mol. The summed E-state index contributed by atoms with van der Waals surface area (Å²) in [5.41, 5.74) is 13.6. The molecule has 1 heterocycles. The Balaban J connectivity index is 1.41. The van der Waals surface area contributed by atoms with Gasteiger partial charge in [0, 0.05) is 30.6 Å². The minimum atomic E-state index is -0.497. The zero-order valence-electron chi connectivity index (χ0n) is 23.6. The molecular formula is C35H40N2O3. The van der Waals surface area contributed by atoms with Gasteiger partial charge < -0.3 is 20.3 Å². The molecule has 5 heteroatoms. The highest BCUT2D eigenvalue weighted by Crippen LogP contribution is 2.42. The van der Waals surface area contributed by atoms with Gasteiger partial charge in [-0.3, -0.25) is 4.90 Å². The number of aliphatic hydroxyl groups is 1. The Morgan fingerprint density at radius 3 is 2.15 bits per heavy atom. The van der Waals surface area contributed by atoms with Gasteiger partial charge in [0.2, 0.25) is 0 Å². The second-order valence-corrected chi connectivity index (χ2v) is 10.8. The Kier molecular flexibility index (Phi) is 9.10. The Bertz CT molecular complexity index is 1360. The van der Waals surface area contributed by atoms with Gasteiger partial charge in [0.1, 0.15) is 0 Å². The van der Waals surface area contributed by atoms with E-state index >= 15 is 0 Å². The maximum Gasteiger partial charge on any atom is 0.184 e. The Morgan fingerprint density at radius 1 is 0.825 bits per heavy atom. The lowest BCUT2D eigenvalue weighted by molar-refractivity contribution is -0.276. The van der Waals surface area contributed by atoms with Crippen LogP contribution in [0.1, 0.15) is 60.1 Å². The lowest BCUT2D eigenvalue weighted by Crippen LogP contribution is -2.44. The summed E-state index contributed by atoms with van der Waals surface area (Å²) in [5, 5.41) is 9.54. The number of rotatable bonds is 9. The van der Waals surface area contributed by atoms with E-state index in [1.807, 2.05) is 24.3 Å². The van der Waals surface area contributed by atoms with Crippen molar-refractivity contribution in [3.05, 3.63) is 131 Å². The van der Waals surface area contributed by atoms with Crippen molar-refractivity contribution < 1.29 is 14.6 Å². The summed E-state index contributed by atoms with van der Waals surface area (Å²) in [6.07, 6.45) is -0.687. The summed E-state index contributed by atoms with van der Waals surface area (Å²) in [5.74, 6) is 0.123. The zero-order valence-corrected chi connectivity index (χ0v) is 23.6. The second kappa shape index (κ2) is 12.9. The summed E-state index contributed by atoms with van der Waals surface area (Å²) in [7, 11) is 2.16. The Labute approximate surface area is 238 Å². The van der Waals surface area contributed by atoms with Crippen molar-refractivity contribution in [1.82, 2.24) is 4.90 Å². The van der Waals surface area contributed by atoms with Crippen molar-refractivity contribution in [3.8, 4) is 11.1 Å². The highest BCUT2D eigenvalue weighted by Gasteiger charge is 2.39. The molecule has 1 saturated heterocycles. The van der Waals surface area contributed by atoms with Crippen molar-refractivity contribution >= 4 is 0 Å². The minimum absolute atomic E-state index is 0.0253. The second-order valence-electron chi connectivity index (χ2n) is 10.8. The van der Waals surface area contributed by atoms with E-state index in [0.29, 0.717) is 6.54 Å². The molecule has 1 aliphatic rings. The van der Waals surface area contributed by atoms with Gasteiger partial charge in [0.05, 0.1) is 18.8 Å². The fraction of sp³-hybridized carbons (Fsp3) is 0.314. The van der Waals surface area contributed by atoms with Crippen LogP contribution in [0.2, 0.25) is 0 Å². The first-order valence-electron chi connectivity index (χ1n) is 14.1. The van der Waals surface area contributed by atoms with Gasteiger partial charge >= 0.3 is 0 Å². The zero-order chi connectivity index (χ0) is 28.1. The smallest absolute Gasteiger partial charge is 0.184 e. The van der Waals surface area contributed by atoms with Crippen molar-refractivity contribution in [2.45, 2.75) is 51.5 Å². The van der Waals surface area contributed by atoms with Gasteiger partial charge in [-0.15, -0.1) is 0 Å². The first-order chi connectivity index (χ1) is 19.5. The van der Waals surface area contributed by atoms with Gasteiger partial charge in [0.15, 0.2) is 6.29 Å².